The van der Waals surface area contributed by atoms with Crippen molar-refractivity contribution < 1.29 is 27.1 Å². The fourth-order valence-corrected chi connectivity index (χ4v) is 3.99. The average Bonchev–Trinajstić information content (AvgIpc) is 2.84. The van der Waals surface area contributed by atoms with Crippen molar-refractivity contribution in [3.63, 3.8) is 0 Å². The number of ether oxygens (including phenoxy) is 1. The van der Waals surface area contributed by atoms with Gasteiger partial charge in [-0.15, -0.1) is 0 Å². The van der Waals surface area contributed by atoms with Crippen molar-refractivity contribution in [1.82, 2.24) is 20.2 Å². The van der Waals surface area contributed by atoms with E-state index in [4.69, 9.17) is 10.5 Å². The summed E-state index contributed by atoms with van der Waals surface area (Å²) in [7, 11) is 2.05. The van der Waals surface area contributed by atoms with Crippen LogP contribution in [0.3, 0.4) is 0 Å². The van der Waals surface area contributed by atoms with Gasteiger partial charge in [-0.1, -0.05) is 24.3 Å². The van der Waals surface area contributed by atoms with Gasteiger partial charge < -0.3 is 20.7 Å². The number of nitrogens with one attached hydrogen (secondary N) is 1. The highest BCUT2D eigenvalue weighted by molar-refractivity contribution is 5.94. The molecule has 36 heavy (non-hydrogen) atoms. The zero-order chi connectivity index (χ0) is 25.9. The van der Waals surface area contributed by atoms with Crippen LogP contribution in [0.2, 0.25) is 0 Å². The molecule has 3 aromatic rings. The Morgan fingerprint density at radius 1 is 1.17 bits per heavy atom. The van der Waals surface area contributed by atoms with Gasteiger partial charge in [0.05, 0.1) is 17.5 Å². The maximum absolute atomic E-state index is 13.8. The Bertz CT molecular complexity index is 1230. The molecule has 0 bridgehead atoms. The van der Waals surface area contributed by atoms with Gasteiger partial charge in [-0.25, -0.2) is 14.4 Å². The first-order valence-corrected chi connectivity index (χ1v) is 11.3. The lowest BCUT2D eigenvalue weighted by Gasteiger charge is -2.29. The largest absolute Gasteiger partial charge is 0.470 e. The molecule has 1 aliphatic rings. The van der Waals surface area contributed by atoms with Crippen molar-refractivity contribution in [3.8, 4) is 17.1 Å². The molecule has 0 unspecified atom stereocenters. The molecule has 0 radical (unpaired) electrons. The summed E-state index contributed by atoms with van der Waals surface area (Å²) in [5.74, 6) is -1.87. The number of anilines is 1. The summed E-state index contributed by atoms with van der Waals surface area (Å²) >= 11 is 0. The molecule has 11 heteroatoms. The number of benzene rings is 2. The molecule has 1 aliphatic heterocycles. The molecule has 0 atom stereocenters. The number of piperidine rings is 1. The number of aromatic nitrogens is 2. The Kier molecular flexibility index (Phi) is 7.39. The third-order valence-corrected chi connectivity index (χ3v) is 6.01. The number of amides is 1. The van der Waals surface area contributed by atoms with Gasteiger partial charge in [0.2, 0.25) is 0 Å². The summed E-state index contributed by atoms with van der Waals surface area (Å²) in [4.78, 5) is 23.1. The van der Waals surface area contributed by atoms with Crippen LogP contribution < -0.4 is 15.8 Å². The number of halogens is 4. The van der Waals surface area contributed by atoms with Crippen molar-refractivity contribution in [2.24, 2.45) is 0 Å². The number of carbonyl (C=O) groups is 1. The lowest BCUT2D eigenvalue weighted by Crippen LogP contribution is -2.43. The Hall–Kier alpha value is -3.73. The molecule has 1 aromatic heterocycles. The average molecular weight is 504 g/mol. The molecule has 0 aliphatic carbocycles. The van der Waals surface area contributed by atoms with Crippen LogP contribution in [-0.4, -0.2) is 47.0 Å². The van der Waals surface area contributed by atoms with E-state index >= 15 is 0 Å². The molecular weight excluding hydrogens is 478 g/mol. The second kappa shape index (κ2) is 10.5. The minimum Gasteiger partial charge on any atom is -0.470 e. The van der Waals surface area contributed by atoms with E-state index in [1.54, 1.807) is 24.3 Å². The first-order valence-electron chi connectivity index (χ1n) is 11.3. The van der Waals surface area contributed by atoms with E-state index < -0.39 is 29.7 Å². The van der Waals surface area contributed by atoms with E-state index in [1.165, 1.54) is 12.3 Å². The Morgan fingerprint density at radius 2 is 1.86 bits per heavy atom. The first-order chi connectivity index (χ1) is 17.1. The molecule has 2 heterocycles. The van der Waals surface area contributed by atoms with Gasteiger partial charge in [-0.2, -0.15) is 13.2 Å². The summed E-state index contributed by atoms with van der Waals surface area (Å²) in [5.41, 5.74) is 5.44. The monoisotopic (exact) mass is 503 g/mol. The van der Waals surface area contributed by atoms with Gasteiger partial charge in [0.25, 0.3) is 11.8 Å². The fourth-order valence-electron chi connectivity index (χ4n) is 3.99. The highest BCUT2D eigenvalue weighted by atomic mass is 19.4. The van der Waals surface area contributed by atoms with Crippen molar-refractivity contribution in [1.29, 1.82) is 0 Å². The van der Waals surface area contributed by atoms with Crippen LogP contribution >= 0.6 is 0 Å². The highest BCUT2D eigenvalue weighted by Gasteiger charge is 2.36. The Balaban J connectivity index is 1.46. The van der Waals surface area contributed by atoms with Gasteiger partial charge >= 0.3 is 6.18 Å². The quantitative estimate of drug-likeness (QED) is 0.488. The third kappa shape index (κ3) is 5.91. The van der Waals surface area contributed by atoms with Crippen LogP contribution in [0.5, 0.6) is 5.88 Å². The van der Waals surface area contributed by atoms with E-state index in [-0.39, 0.29) is 23.6 Å². The standard InChI is InChI=1S/C25H25F4N5O2/c1-34-11-9-18(10-12-34)32-23(35)16-7-5-15(6-8-16)20-13-31-22(30)24(33-20)36-14-17-3-2-4-19(26)21(17)25(27,28)29/h2-8,13,18H,9-12,14H2,1H3,(H2,30,31)(H,32,35). The number of rotatable bonds is 6. The van der Waals surface area contributed by atoms with Crippen LogP contribution in [-0.2, 0) is 12.8 Å². The smallest absolute Gasteiger partial charge is 0.419 e. The van der Waals surface area contributed by atoms with E-state index in [1.807, 2.05) is 0 Å². The Labute approximate surface area is 205 Å². The van der Waals surface area contributed by atoms with Gasteiger partial charge in [0.15, 0.2) is 5.82 Å². The number of alkyl halides is 3. The van der Waals surface area contributed by atoms with Crippen molar-refractivity contribution in [2.45, 2.75) is 31.7 Å². The topological polar surface area (TPSA) is 93.4 Å². The number of nitrogens with two attached hydrogens (primary N) is 1. The summed E-state index contributed by atoms with van der Waals surface area (Å²) in [6.07, 6.45) is -1.71. The fraction of sp³-hybridized carbons (Fsp3) is 0.320. The normalized spacial score (nSPS) is 15.0. The van der Waals surface area contributed by atoms with Crippen molar-refractivity contribution in [2.75, 3.05) is 25.9 Å². The van der Waals surface area contributed by atoms with Crippen molar-refractivity contribution in [3.05, 3.63) is 71.2 Å². The van der Waals surface area contributed by atoms with Crippen LogP contribution in [0.1, 0.15) is 34.3 Å². The molecule has 0 saturated carbocycles. The molecular formula is C25H25F4N5O2. The molecule has 1 amide bonds. The highest BCUT2D eigenvalue weighted by Crippen LogP contribution is 2.35. The van der Waals surface area contributed by atoms with Gasteiger partial charge in [0, 0.05) is 22.7 Å². The van der Waals surface area contributed by atoms with Gasteiger partial charge in [0.1, 0.15) is 12.4 Å². The van der Waals surface area contributed by atoms with E-state index in [2.05, 4.69) is 27.2 Å². The number of likely N-dealkylation sites (tertiary alicyclic amines) is 1. The molecule has 1 saturated heterocycles. The zero-order valence-corrected chi connectivity index (χ0v) is 19.5. The predicted molar refractivity (Wildman–Crippen MR) is 126 cm³/mol. The maximum atomic E-state index is 13.8. The van der Waals surface area contributed by atoms with Crippen LogP contribution in [0, 0.1) is 5.82 Å². The number of hydrogen-bond donors (Lipinski definition) is 2. The zero-order valence-electron chi connectivity index (χ0n) is 19.5. The second-order valence-electron chi connectivity index (χ2n) is 8.63. The number of carbonyl (C=O) groups excluding carboxylic acids is 1. The van der Waals surface area contributed by atoms with Gasteiger partial charge in [-0.3, -0.25) is 4.79 Å². The van der Waals surface area contributed by atoms with Crippen LogP contribution in [0.15, 0.2) is 48.7 Å². The first kappa shape index (κ1) is 25.4. The van der Waals surface area contributed by atoms with Gasteiger partial charge in [-0.05, 0) is 51.2 Å². The third-order valence-electron chi connectivity index (χ3n) is 6.01. The molecule has 190 valence electrons. The summed E-state index contributed by atoms with van der Waals surface area (Å²) in [5, 5.41) is 3.05. The van der Waals surface area contributed by atoms with E-state index in [0.717, 1.165) is 38.1 Å². The van der Waals surface area contributed by atoms with E-state index in [9.17, 15) is 22.4 Å². The maximum Gasteiger partial charge on any atom is 0.419 e. The lowest BCUT2D eigenvalue weighted by molar-refractivity contribution is -0.141. The van der Waals surface area contributed by atoms with E-state index in [0.29, 0.717) is 16.8 Å². The molecule has 0 spiro atoms. The minimum atomic E-state index is -4.88. The molecule has 4 rings (SSSR count). The number of hydrogen-bond acceptors (Lipinski definition) is 6. The molecule has 3 N–H and O–H groups in total. The summed E-state index contributed by atoms with van der Waals surface area (Å²) < 4.78 is 59.0. The van der Waals surface area contributed by atoms with Crippen LogP contribution in [0.25, 0.3) is 11.3 Å². The Morgan fingerprint density at radius 3 is 2.53 bits per heavy atom. The summed E-state index contributed by atoms with van der Waals surface area (Å²) in [6.45, 7) is 1.26. The lowest BCUT2D eigenvalue weighted by atomic mass is 10.0. The predicted octanol–water partition coefficient (Wildman–Crippen LogP) is 4.29. The molecule has 1 fully saturated rings. The molecule has 7 nitrogen and oxygen atoms in total. The second-order valence-corrected chi connectivity index (χ2v) is 8.63. The minimum absolute atomic E-state index is 0.127. The number of nitrogens with zero attached hydrogens (tertiary/aromatic N) is 3. The molecule has 2 aromatic carbocycles. The number of nitrogen functional groups attached to an aromatic ring is 1. The summed E-state index contributed by atoms with van der Waals surface area (Å²) in [6, 6.07) is 9.82. The van der Waals surface area contributed by atoms with Crippen LogP contribution in [0.4, 0.5) is 23.4 Å². The SMILES string of the molecule is CN1CCC(NC(=O)c2ccc(-c3cnc(N)c(OCc4cccc(F)c4C(F)(F)F)n3)cc2)CC1. The van der Waals surface area contributed by atoms with Crippen molar-refractivity contribution >= 4 is 11.7 Å².